The highest BCUT2D eigenvalue weighted by atomic mass is 16.5. The monoisotopic (exact) mass is 366 g/mol. The van der Waals surface area contributed by atoms with Crippen LogP contribution < -0.4 is 9.64 Å². The van der Waals surface area contributed by atoms with E-state index >= 15 is 0 Å². The summed E-state index contributed by atoms with van der Waals surface area (Å²) in [5.74, 6) is -0.317. The van der Waals surface area contributed by atoms with Gasteiger partial charge < -0.3 is 14.7 Å². The second kappa shape index (κ2) is 7.63. The molecule has 0 radical (unpaired) electrons. The summed E-state index contributed by atoms with van der Waals surface area (Å²) in [6.07, 6.45) is 0. The van der Waals surface area contributed by atoms with E-state index in [9.17, 15) is 14.7 Å². The Labute approximate surface area is 158 Å². The molecule has 0 atom stereocenters. The lowest BCUT2D eigenvalue weighted by Crippen LogP contribution is -2.34. The van der Waals surface area contributed by atoms with E-state index in [0.717, 1.165) is 5.56 Å². The van der Waals surface area contributed by atoms with Crippen LogP contribution in [0.15, 0.2) is 54.2 Å². The van der Waals surface area contributed by atoms with Crippen molar-refractivity contribution < 1.29 is 19.4 Å². The van der Waals surface area contributed by atoms with Gasteiger partial charge in [0, 0.05) is 19.2 Å². The zero-order chi connectivity index (χ0) is 19.6. The Hall–Kier alpha value is -3.12. The number of hydrogen-bond donors (Lipinski definition) is 1. The van der Waals surface area contributed by atoms with Gasteiger partial charge in [-0.15, -0.1) is 0 Å². The molecule has 3 rings (SSSR count). The number of aliphatic hydroxyl groups is 1. The summed E-state index contributed by atoms with van der Waals surface area (Å²) < 4.78 is 5.40. The Kier molecular flexibility index (Phi) is 5.28. The van der Waals surface area contributed by atoms with E-state index in [1.54, 1.807) is 48.3 Å². The molecule has 0 aromatic heterocycles. The highest BCUT2D eigenvalue weighted by molar-refractivity contribution is 6.45. The first kappa shape index (κ1) is 18.7. The normalized spacial score (nSPS) is 14.1. The standard InChI is InChI=1S/C21H22N2O4/c1-14-8-10-15(11-9-14)23-20(25)18(16-6-4-5-7-17(16)27-3)19(21(23)26)22(2)12-13-24/h4-11,24H,12-13H2,1-3H3. The van der Waals surface area contributed by atoms with Crippen LogP contribution in [-0.2, 0) is 9.59 Å². The van der Waals surface area contributed by atoms with Crippen LogP contribution in [0, 0.1) is 6.92 Å². The largest absolute Gasteiger partial charge is 0.496 e. The van der Waals surface area contributed by atoms with Crippen LogP contribution >= 0.6 is 0 Å². The van der Waals surface area contributed by atoms with Gasteiger partial charge >= 0.3 is 0 Å². The topological polar surface area (TPSA) is 70.1 Å². The molecule has 0 unspecified atom stereocenters. The van der Waals surface area contributed by atoms with Gasteiger partial charge in [-0.05, 0) is 25.1 Å². The van der Waals surface area contributed by atoms with Crippen molar-refractivity contribution in [2.75, 3.05) is 32.2 Å². The SMILES string of the molecule is COc1ccccc1C1=C(N(C)CCO)C(=O)N(c2ccc(C)cc2)C1=O. The van der Waals surface area contributed by atoms with Gasteiger partial charge in [0.1, 0.15) is 11.4 Å². The Morgan fingerprint density at radius 1 is 1.04 bits per heavy atom. The lowest BCUT2D eigenvalue weighted by molar-refractivity contribution is -0.120. The second-order valence-corrected chi connectivity index (χ2v) is 6.35. The fraction of sp³-hybridized carbons (Fsp3) is 0.238. The number of benzene rings is 2. The van der Waals surface area contributed by atoms with E-state index in [1.165, 1.54) is 12.0 Å². The third-order valence-electron chi connectivity index (χ3n) is 4.55. The van der Waals surface area contributed by atoms with Crippen LogP contribution in [0.2, 0.25) is 0 Å². The molecule has 140 valence electrons. The molecule has 2 amide bonds. The minimum atomic E-state index is -0.416. The number of methoxy groups -OCH3 is 1. The van der Waals surface area contributed by atoms with Gasteiger partial charge in [-0.1, -0.05) is 35.9 Å². The van der Waals surface area contributed by atoms with Crippen molar-refractivity contribution in [1.29, 1.82) is 0 Å². The smallest absolute Gasteiger partial charge is 0.282 e. The van der Waals surface area contributed by atoms with E-state index in [4.69, 9.17) is 4.74 Å². The molecule has 2 aromatic carbocycles. The molecule has 0 saturated heterocycles. The molecule has 0 spiro atoms. The average Bonchev–Trinajstić information content (AvgIpc) is 2.93. The lowest BCUT2D eigenvalue weighted by atomic mass is 10.0. The summed E-state index contributed by atoms with van der Waals surface area (Å²) in [4.78, 5) is 29.3. The lowest BCUT2D eigenvalue weighted by Gasteiger charge is -2.20. The summed E-state index contributed by atoms with van der Waals surface area (Å²) in [7, 11) is 3.21. The van der Waals surface area contributed by atoms with Gasteiger partial charge in [0.25, 0.3) is 11.8 Å². The van der Waals surface area contributed by atoms with Crippen molar-refractivity contribution in [3.05, 3.63) is 65.4 Å². The number of nitrogens with zero attached hydrogens (tertiary/aromatic N) is 2. The van der Waals surface area contributed by atoms with Crippen LogP contribution in [0.3, 0.4) is 0 Å². The van der Waals surface area contributed by atoms with Gasteiger partial charge in [-0.2, -0.15) is 0 Å². The Balaban J connectivity index is 2.16. The zero-order valence-electron chi connectivity index (χ0n) is 15.6. The molecule has 0 saturated carbocycles. The van der Waals surface area contributed by atoms with Gasteiger partial charge in [0.05, 0.1) is 25.0 Å². The fourth-order valence-corrected chi connectivity index (χ4v) is 3.16. The van der Waals surface area contributed by atoms with Crippen LogP contribution in [-0.4, -0.2) is 49.1 Å². The molecule has 2 aromatic rings. The summed E-state index contributed by atoms with van der Waals surface area (Å²) in [5.41, 5.74) is 2.62. The van der Waals surface area contributed by atoms with Gasteiger partial charge in [0.15, 0.2) is 0 Å². The summed E-state index contributed by atoms with van der Waals surface area (Å²) >= 11 is 0. The molecule has 1 heterocycles. The number of carbonyl (C=O) groups excluding carboxylic acids is 2. The van der Waals surface area contributed by atoms with Gasteiger partial charge in [-0.25, -0.2) is 4.90 Å². The summed E-state index contributed by atoms with van der Waals surface area (Å²) in [6, 6.07) is 14.3. The quantitative estimate of drug-likeness (QED) is 0.794. The Bertz CT molecular complexity index is 903. The first-order chi connectivity index (χ1) is 13.0. The molecule has 0 aliphatic carbocycles. The van der Waals surface area contributed by atoms with Crippen LogP contribution in [0.4, 0.5) is 5.69 Å². The second-order valence-electron chi connectivity index (χ2n) is 6.35. The van der Waals surface area contributed by atoms with E-state index in [2.05, 4.69) is 0 Å². The molecule has 0 bridgehead atoms. The summed E-state index contributed by atoms with van der Waals surface area (Å²) in [5, 5.41) is 9.32. The van der Waals surface area contributed by atoms with Gasteiger partial charge in [-0.3, -0.25) is 9.59 Å². The highest BCUT2D eigenvalue weighted by Gasteiger charge is 2.42. The Morgan fingerprint density at radius 2 is 1.70 bits per heavy atom. The van der Waals surface area contributed by atoms with Crippen LogP contribution in [0.1, 0.15) is 11.1 Å². The molecule has 0 fully saturated rings. The molecule has 27 heavy (non-hydrogen) atoms. The van der Waals surface area contributed by atoms with Crippen LogP contribution in [0.25, 0.3) is 5.57 Å². The molecular formula is C21H22N2O4. The number of aryl methyl sites for hydroxylation is 1. The number of para-hydroxylation sites is 1. The average molecular weight is 366 g/mol. The third-order valence-corrected chi connectivity index (χ3v) is 4.55. The van der Waals surface area contributed by atoms with E-state index < -0.39 is 11.8 Å². The number of carbonyl (C=O) groups is 2. The minimum absolute atomic E-state index is 0.134. The number of aliphatic hydroxyl groups excluding tert-OH is 1. The van der Waals surface area contributed by atoms with E-state index in [-0.39, 0.29) is 24.4 Å². The van der Waals surface area contributed by atoms with E-state index in [1.807, 2.05) is 19.1 Å². The van der Waals surface area contributed by atoms with Crippen molar-refractivity contribution in [2.24, 2.45) is 0 Å². The molecule has 1 aliphatic rings. The first-order valence-electron chi connectivity index (χ1n) is 8.64. The number of imide groups is 1. The third kappa shape index (κ3) is 3.31. The van der Waals surface area contributed by atoms with Crippen molar-refractivity contribution in [2.45, 2.75) is 6.92 Å². The zero-order valence-corrected chi connectivity index (χ0v) is 15.6. The number of hydrogen-bond acceptors (Lipinski definition) is 5. The van der Waals surface area contributed by atoms with Gasteiger partial charge in [0.2, 0.25) is 0 Å². The number of rotatable bonds is 6. The minimum Gasteiger partial charge on any atom is -0.496 e. The number of likely N-dealkylation sites (N-methyl/N-ethyl adjacent to an activating group) is 1. The maximum absolute atomic E-state index is 13.3. The number of amides is 2. The fourth-order valence-electron chi connectivity index (χ4n) is 3.16. The van der Waals surface area contributed by atoms with Crippen molar-refractivity contribution >= 4 is 23.1 Å². The predicted octanol–water partition coefficient (Wildman–Crippen LogP) is 2.21. The molecule has 1 aliphatic heterocycles. The molecular weight excluding hydrogens is 344 g/mol. The van der Waals surface area contributed by atoms with Crippen LogP contribution in [0.5, 0.6) is 5.75 Å². The number of anilines is 1. The van der Waals surface area contributed by atoms with Crippen molar-refractivity contribution in [3.63, 3.8) is 0 Å². The summed E-state index contributed by atoms with van der Waals surface area (Å²) in [6.45, 7) is 2.04. The molecule has 1 N–H and O–H groups in total. The van der Waals surface area contributed by atoms with E-state index in [0.29, 0.717) is 17.0 Å². The number of ether oxygens (including phenoxy) is 1. The Morgan fingerprint density at radius 3 is 2.33 bits per heavy atom. The maximum Gasteiger partial charge on any atom is 0.282 e. The maximum atomic E-state index is 13.3. The predicted molar refractivity (Wildman–Crippen MR) is 103 cm³/mol. The van der Waals surface area contributed by atoms with Crippen molar-refractivity contribution in [1.82, 2.24) is 4.90 Å². The first-order valence-corrected chi connectivity index (χ1v) is 8.64. The molecule has 6 nitrogen and oxygen atoms in total. The highest BCUT2D eigenvalue weighted by Crippen LogP contribution is 2.37. The van der Waals surface area contributed by atoms with Crippen molar-refractivity contribution in [3.8, 4) is 5.75 Å². The molecule has 6 heteroatoms.